The summed E-state index contributed by atoms with van der Waals surface area (Å²) in [5.41, 5.74) is 4.29. The van der Waals surface area contributed by atoms with Crippen molar-refractivity contribution >= 4 is 23.7 Å². The molecule has 0 aromatic heterocycles. The van der Waals surface area contributed by atoms with Gasteiger partial charge in [0, 0.05) is 50.9 Å². The molecule has 2 fully saturated rings. The first-order valence-corrected chi connectivity index (χ1v) is 14.9. The number of para-hydroxylation sites is 1. The van der Waals surface area contributed by atoms with Crippen LogP contribution in [-0.2, 0) is 22.4 Å². The summed E-state index contributed by atoms with van der Waals surface area (Å²) in [7, 11) is 0. The van der Waals surface area contributed by atoms with Gasteiger partial charge in [-0.15, -0.1) is 0 Å². The third-order valence-electron chi connectivity index (χ3n) is 8.89. The van der Waals surface area contributed by atoms with E-state index in [0.717, 1.165) is 47.2 Å². The molecule has 2 N–H and O–H groups in total. The number of rotatable bonds is 5. The Kier molecular flexibility index (Phi) is 8.71. The number of phenolic OH excluding ortho intramolecular Hbond substituents is 1. The molecule has 3 aliphatic heterocycles. The van der Waals surface area contributed by atoms with Crippen molar-refractivity contribution in [1.29, 1.82) is 0 Å². The molecule has 0 spiro atoms. The molecule has 0 unspecified atom stereocenters. The Hall–Kier alpha value is -3.75. The average Bonchev–Trinajstić information content (AvgIpc) is 3.13. The number of piperidine rings is 2. The van der Waals surface area contributed by atoms with Crippen molar-refractivity contribution in [2.24, 2.45) is 5.92 Å². The molecule has 9 nitrogen and oxygen atoms in total. The fraction of sp³-hybridized carbons (Fsp3) is 0.531. The van der Waals surface area contributed by atoms with Crippen molar-refractivity contribution < 1.29 is 24.2 Å². The lowest BCUT2D eigenvalue weighted by Crippen LogP contribution is -2.51. The Morgan fingerprint density at radius 2 is 1.61 bits per heavy atom. The Labute approximate surface area is 242 Å². The normalized spacial score (nSPS) is 19.3. The number of nitrogens with one attached hydrogen (secondary N) is 1. The summed E-state index contributed by atoms with van der Waals surface area (Å²) >= 11 is 0. The van der Waals surface area contributed by atoms with Crippen molar-refractivity contribution in [3.8, 4) is 5.75 Å². The van der Waals surface area contributed by atoms with Gasteiger partial charge in [0.15, 0.2) is 6.10 Å². The van der Waals surface area contributed by atoms with Crippen LogP contribution in [0.4, 0.5) is 15.3 Å². The van der Waals surface area contributed by atoms with E-state index in [1.54, 1.807) is 4.90 Å². The smallest absolute Gasteiger partial charge is 0.410 e. The fourth-order valence-corrected chi connectivity index (χ4v) is 6.28. The molecule has 5 rings (SSSR count). The number of likely N-dealkylation sites (tertiary alicyclic amines) is 2. The van der Waals surface area contributed by atoms with Crippen LogP contribution in [0.25, 0.3) is 0 Å². The number of urea groups is 1. The number of carbonyl (C=O) groups is 3. The van der Waals surface area contributed by atoms with Crippen molar-refractivity contribution in [3.05, 3.63) is 58.7 Å². The van der Waals surface area contributed by atoms with Crippen LogP contribution in [0.1, 0.15) is 54.9 Å². The molecule has 220 valence electrons. The lowest BCUT2D eigenvalue weighted by molar-refractivity contribution is -0.142. The summed E-state index contributed by atoms with van der Waals surface area (Å²) in [6.45, 7) is 8.72. The number of aromatic hydroxyl groups is 1. The average molecular weight is 563 g/mol. The Bertz CT molecular complexity index is 1260. The minimum absolute atomic E-state index is 0.0316. The summed E-state index contributed by atoms with van der Waals surface area (Å²) in [5, 5.41) is 13.3. The van der Waals surface area contributed by atoms with Gasteiger partial charge >= 0.3 is 12.1 Å². The van der Waals surface area contributed by atoms with E-state index in [2.05, 4.69) is 12.2 Å². The van der Waals surface area contributed by atoms with Crippen LogP contribution in [0.15, 0.2) is 36.4 Å². The second kappa shape index (κ2) is 12.4. The van der Waals surface area contributed by atoms with Crippen molar-refractivity contribution in [2.75, 3.05) is 38.0 Å². The molecule has 0 saturated carbocycles. The number of hydrogen-bond donors (Lipinski definition) is 2. The van der Waals surface area contributed by atoms with Gasteiger partial charge in [-0.25, -0.2) is 9.59 Å². The van der Waals surface area contributed by atoms with Crippen LogP contribution in [0.3, 0.4) is 0 Å². The maximum atomic E-state index is 13.6. The van der Waals surface area contributed by atoms with Crippen molar-refractivity contribution in [2.45, 2.75) is 71.4 Å². The quantitative estimate of drug-likeness (QED) is 0.541. The molecule has 3 aliphatic rings. The molecule has 3 heterocycles. The van der Waals surface area contributed by atoms with Crippen LogP contribution < -0.4 is 5.32 Å². The van der Waals surface area contributed by atoms with Gasteiger partial charge in [-0.05, 0) is 80.2 Å². The number of fused-ring (bicyclic) bond motifs is 1. The molecular weight excluding hydrogens is 520 g/mol. The maximum absolute atomic E-state index is 13.6. The molecule has 0 bridgehead atoms. The molecule has 1 atom stereocenters. The molecule has 2 aromatic carbocycles. The van der Waals surface area contributed by atoms with Gasteiger partial charge in [0.05, 0.1) is 0 Å². The first-order chi connectivity index (χ1) is 19.7. The minimum atomic E-state index is -0.938. The van der Waals surface area contributed by atoms with Crippen LogP contribution in [0.2, 0.25) is 0 Å². The lowest BCUT2D eigenvalue weighted by atomic mass is 9.97. The molecule has 41 heavy (non-hydrogen) atoms. The number of nitrogens with zero attached hydrogens (tertiary/aromatic N) is 3. The number of aryl methyl sites for hydroxylation is 2. The van der Waals surface area contributed by atoms with Gasteiger partial charge in [-0.1, -0.05) is 37.3 Å². The van der Waals surface area contributed by atoms with Crippen LogP contribution in [0, 0.1) is 19.8 Å². The first kappa shape index (κ1) is 28.8. The van der Waals surface area contributed by atoms with E-state index in [4.69, 9.17) is 4.74 Å². The zero-order valence-electron chi connectivity index (χ0n) is 24.4. The number of amides is 4. The molecule has 0 radical (unpaired) electrons. The van der Waals surface area contributed by atoms with E-state index in [9.17, 15) is 19.5 Å². The fourth-order valence-electron chi connectivity index (χ4n) is 6.28. The molecular formula is C32H42N4O5. The number of benzene rings is 2. The summed E-state index contributed by atoms with van der Waals surface area (Å²) in [4.78, 5) is 45.3. The SMILES string of the molecule is Cc1cc(C[C@@H](OC(=O)N2CCC(N3CCc4ccccc4NC3=O)CC2)C(=O)N2CCC(C)CC2)cc(C)c1O. The highest BCUT2D eigenvalue weighted by Crippen LogP contribution is 2.27. The van der Waals surface area contributed by atoms with E-state index in [-0.39, 0.29) is 30.2 Å². The highest BCUT2D eigenvalue weighted by molar-refractivity contribution is 5.91. The Morgan fingerprint density at radius 3 is 2.29 bits per heavy atom. The summed E-state index contributed by atoms with van der Waals surface area (Å²) in [6.07, 6.45) is 2.78. The predicted octanol–water partition coefficient (Wildman–Crippen LogP) is 4.87. The molecule has 2 aromatic rings. The van der Waals surface area contributed by atoms with E-state index >= 15 is 0 Å². The first-order valence-electron chi connectivity index (χ1n) is 14.9. The van der Waals surface area contributed by atoms with Gasteiger partial charge < -0.3 is 29.9 Å². The number of ether oxygens (including phenoxy) is 1. The topological polar surface area (TPSA) is 102 Å². The number of anilines is 1. The zero-order chi connectivity index (χ0) is 29.1. The van der Waals surface area contributed by atoms with Gasteiger partial charge in [0.25, 0.3) is 5.91 Å². The summed E-state index contributed by atoms with van der Waals surface area (Å²) in [5.74, 6) is 0.650. The molecule has 9 heteroatoms. The van der Waals surface area contributed by atoms with E-state index in [0.29, 0.717) is 51.5 Å². The monoisotopic (exact) mass is 562 g/mol. The highest BCUT2D eigenvalue weighted by atomic mass is 16.6. The standard InChI is InChI=1S/C32H42N4O5/c1-21-8-13-34(14-9-21)30(38)28(20-24-18-22(2)29(37)23(3)19-24)41-32(40)35-15-11-26(12-16-35)36-17-10-25-6-4-5-7-27(25)33-31(36)39/h4-7,18-19,21,26,28,37H,8-17,20H2,1-3H3,(H,33,39)/t28-/m1/s1. The van der Waals surface area contributed by atoms with Gasteiger partial charge in [0.1, 0.15) is 5.75 Å². The van der Waals surface area contributed by atoms with E-state index in [1.807, 2.05) is 60.0 Å². The predicted molar refractivity (Wildman–Crippen MR) is 157 cm³/mol. The summed E-state index contributed by atoms with van der Waals surface area (Å²) in [6, 6.07) is 11.5. The second-order valence-electron chi connectivity index (χ2n) is 11.9. The zero-order valence-corrected chi connectivity index (χ0v) is 24.4. The Balaban J connectivity index is 1.23. The lowest BCUT2D eigenvalue weighted by Gasteiger charge is -2.38. The molecule has 4 amide bonds. The minimum Gasteiger partial charge on any atom is -0.507 e. The van der Waals surface area contributed by atoms with E-state index < -0.39 is 12.2 Å². The third kappa shape index (κ3) is 6.60. The van der Waals surface area contributed by atoms with Crippen LogP contribution >= 0.6 is 0 Å². The highest BCUT2D eigenvalue weighted by Gasteiger charge is 2.35. The number of carbonyl (C=O) groups excluding carboxylic acids is 3. The largest absolute Gasteiger partial charge is 0.507 e. The Morgan fingerprint density at radius 1 is 0.976 bits per heavy atom. The third-order valence-corrected chi connectivity index (χ3v) is 8.89. The van der Waals surface area contributed by atoms with Gasteiger partial charge in [-0.2, -0.15) is 0 Å². The van der Waals surface area contributed by atoms with Crippen molar-refractivity contribution in [3.63, 3.8) is 0 Å². The summed E-state index contributed by atoms with van der Waals surface area (Å²) < 4.78 is 5.95. The number of phenols is 1. The second-order valence-corrected chi connectivity index (χ2v) is 11.9. The number of hydrogen-bond acceptors (Lipinski definition) is 5. The maximum Gasteiger partial charge on any atom is 0.410 e. The van der Waals surface area contributed by atoms with Gasteiger partial charge in [-0.3, -0.25) is 4.79 Å². The van der Waals surface area contributed by atoms with Crippen LogP contribution in [-0.4, -0.2) is 82.7 Å². The van der Waals surface area contributed by atoms with E-state index in [1.165, 1.54) is 0 Å². The molecule has 0 aliphatic carbocycles. The van der Waals surface area contributed by atoms with Gasteiger partial charge in [0.2, 0.25) is 0 Å². The molecule has 2 saturated heterocycles. The van der Waals surface area contributed by atoms with Crippen molar-refractivity contribution in [1.82, 2.24) is 14.7 Å². The van der Waals surface area contributed by atoms with Crippen LogP contribution in [0.5, 0.6) is 5.75 Å².